The Labute approximate surface area is 136 Å². The zero-order chi connectivity index (χ0) is 16.6. The van der Waals surface area contributed by atoms with Gasteiger partial charge in [0.15, 0.2) is 0 Å². The second-order valence-corrected chi connectivity index (χ2v) is 7.34. The quantitative estimate of drug-likeness (QED) is 0.540. The van der Waals surface area contributed by atoms with E-state index in [0.717, 1.165) is 37.2 Å². The van der Waals surface area contributed by atoms with Gasteiger partial charge in [-0.25, -0.2) is 0 Å². The van der Waals surface area contributed by atoms with Crippen LogP contribution in [0, 0.1) is 11.3 Å². The average molecular weight is 306 g/mol. The predicted octanol–water partition coefficient (Wildman–Crippen LogP) is 5.97. The van der Waals surface area contributed by atoms with Crippen molar-refractivity contribution in [3.8, 4) is 11.5 Å². The van der Waals surface area contributed by atoms with Crippen LogP contribution in [0.1, 0.15) is 72.3 Å². The van der Waals surface area contributed by atoms with Crippen LogP contribution < -0.4 is 4.74 Å². The Balaban J connectivity index is 2.55. The van der Waals surface area contributed by atoms with Gasteiger partial charge in [0.1, 0.15) is 11.5 Å². The molecule has 0 aromatic heterocycles. The fourth-order valence-corrected chi connectivity index (χ4v) is 2.32. The second-order valence-electron chi connectivity index (χ2n) is 7.34. The van der Waals surface area contributed by atoms with E-state index in [4.69, 9.17) is 4.74 Å². The SMILES string of the molecule is CCCCCCOc1ccc(O)c(CCC(C)(C)C(C)C)c1. The summed E-state index contributed by atoms with van der Waals surface area (Å²) in [6.07, 6.45) is 6.81. The number of rotatable bonds is 10. The Kier molecular flexibility index (Phi) is 7.78. The van der Waals surface area contributed by atoms with Gasteiger partial charge in [0.2, 0.25) is 0 Å². The van der Waals surface area contributed by atoms with Gasteiger partial charge in [0, 0.05) is 0 Å². The number of benzene rings is 1. The number of phenols is 1. The van der Waals surface area contributed by atoms with Gasteiger partial charge >= 0.3 is 0 Å². The van der Waals surface area contributed by atoms with Crippen LogP contribution in [0.25, 0.3) is 0 Å². The molecule has 0 saturated heterocycles. The lowest BCUT2D eigenvalue weighted by atomic mass is 9.76. The number of aryl methyl sites for hydroxylation is 1. The molecule has 126 valence electrons. The van der Waals surface area contributed by atoms with E-state index in [9.17, 15) is 5.11 Å². The Bertz CT molecular complexity index is 435. The third-order valence-corrected chi connectivity index (χ3v) is 4.92. The maximum atomic E-state index is 10.1. The smallest absolute Gasteiger partial charge is 0.119 e. The van der Waals surface area contributed by atoms with E-state index in [1.54, 1.807) is 6.07 Å². The number of hydrogen-bond donors (Lipinski definition) is 1. The molecule has 2 heteroatoms. The van der Waals surface area contributed by atoms with Gasteiger partial charge in [-0.3, -0.25) is 0 Å². The second kappa shape index (κ2) is 9.07. The zero-order valence-corrected chi connectivity index (χ0v) is 15.1. The molecule has 1 aromatic rings. The van der Waals surface area contributed by atoms with Gasteiger partial charge in [-0.15, -0.1) is 0 Å². The maximum absolute atomic E-state index is 10.1. The van der Waals surface area contributed by atoms with Crippen molar-refractivity contribution < 1.29 is 9.84 Å². The minimum Gasteiger partial charge on any atom is -0.508 e. The van der Waals surface area contributed by atoms with Crippen molar-refractivity contribution in [2.45, 2.75) is 73.1 Å². The summed E-state index contributed by atoms with van der Waals surface area (Å²) < 4.78 is 5.82. The Morgan fingerprint density at radius 2 is 1.86 bits per heavy atom. The number of hydrogen-bond acceptors (Lipinski definition) is 2. The molecule has 22 heavy (non-hydrogen) atoms. The lowest BCUT2D eigenvalue weighted by Gasteiger charge is -2.29. The van der Waals surface area contributed by atoms with E-state index < -0.39 is 0 Å². The standard InChI is InChI=1S/C20H34O2/c1-6-7-8-9-14-22-18-10-11-19(21)17(15-18)12-13-20(4,5)16(2)3/h10-11,15-16,21H,6-9,12-14H2,1-5H3. The molecule has 1 rings (SSSR count). The molecule has 2 nitrogen and oxygen atoms in total. The molecule has 0 bridgehead atoms. The van der Waals surface area contributed by atoms with E-state index >= 15 is 0 Å². The molecule has 0 spiro atoms. The molecule has 0 fully saturated rings. The van der Waals surface area contributed by atoms with Crippen LogP contribution >= 0.6 is 0 Å². The van der Waals surface area contributed by atoms with Crippen molar-refractivity contribution in [2.75, 3.05) is 6.61 Å². The molecule has 0 aliphatic heterocycles. The molecule has 1 aromatic carbocycles. The first kappa shape index (κ1) is 18.9. The molecule has 0 unspecified atom stereocenters. The summed E-state index contributed by atoms with van der Waals surface area (Å²) in [4.78, 5) is 0. The van der Waals surface area contributed by atoms with Crippen molar-refractivity contribution in [3.63, 3.8) is 0 Å². The van der Waals surface area contributed by atoms with Crippen molar-refractivity contribution in [1.29, 1.82) is 0 Å². The van der Waals surface area contributed by atoms with Gasteiger partial charge in [-0.05, 0) is 54.4 Å². The van der Waals surface area contributed by atoms with Gasteiger partial charge in [0.05, 0.1) is 6.61 Å². The third kappa shape index (κ3) is 6.29. The fraction of sp³-hybridized carbons (Fsp3) is 0.700. The van der Waals surface area contributed by atoms with E-state index in [2.05, 4.69) is 34.6 Å². The van der Waals surface area contributed by atoms with Crippen molar-refractivity contribution in [1.82, 2.24) is 0 Å². The highest BCUT2D eigenvalue weighted by atomic mass is 16.5. The number of unbranched alkanes of at least 4 members (excludes halogenated alkanes) is 3. The maximum Gasteiger partial charge on any atom is 0.119 e. The molecular weight excluding hydrogens is 272 g/mol. The van der Waals surface area contributed by atoms with Crippen LogP contribution in [0.15, 0.2) is 18.2 Å². The van der Waals surface area contributed by atoms with Gasteiger partial charge in [0.25, 0.3) is 0 Å². The van der Waals surface area contributed by atoms with Crippen LogP contribution in [0.4, 0.5) is 0 Å². The van der Waals surface area contributed by atoms with Gasteiger partial charge in [-0.2, -0.15) is 0 Å². The predicted molar refractivity (Wildman–Crippen MR) is 94.7 cm³/mol. The lowest BCUT2D eigenvalue weighted by molar-refractivity contribution is 0.228. The minimum absolute atomic E-state index is 0.281. The molecule has 0 aliphatic rings. The minimum atomic E-state index is 0.281. The Morgan fingerprint density at radius 3 is 2.50 bits per heavy atom. The summed E-state index contributed by atoms with van der Waals surface area (Å²) in [6, 6.07) is 5.64. The first-order valence-corrected chi connectivity index (χ1v) is 8.81. The van der Waals surface area contributed by atoms with Gasteiger partial charge in [-0.1, -0.05) is 53.9 Å². The molecule has 0 amide bonds. The monoisotopic (exact) mass is 306 g/mol. The summed E-state index contributed by atoms with van der Waals surface area (Å²) >= 11 is 0. The third-order valence-electron chi connectivity index (χ3n) is 4.92. The molecule has 0 radical (unpaired) electrons. The van der Waals surface area contributed by atoms with Gasteiger partial charge < -0.3 is 9.84 Å². The van der Waals surface area contributed by atoms with Crippen LogP contribution in [-0.4, -0.2) is 11.7 Å². The molecule has 0 heterocycles. The van der Waals surface area contributed by atoms with Crippen LogP contribution in [0.2, 0.25) is 0 Å². The largest absolute Gasteiger partial charge is 0.508 e. The number of ether oxygens (including phenoxy) is 1. The Morgan fingerprint density at radius 1 is 1.14 bits per heavy atom. The first-order chi connectivity index (χ1) is 10.4. The fourth-order valence-electron chi connectivity index (χ4n) is 2.32. The summed E-state index contributed by atoms with van der Waals surface area (Å²) in [5, 5.41) is 10.1. The highest BCUT2D eigenvalue weighted by molar-refractivity contribution is 5.39. The first-order valence-electron chi connectivity index (χ1n) is 8.81. The summed E-state index contributed by atoms with van der Waals surface area (Å²) in [5.41, 5.74) is 1.28. The summed E-state index contributed by atoms with van der Waals surface area (Å²) in [6.45, 7) is 12.1. The Hall–Kier alpha value is -1.18. The number of phenolic OH excluding ortho intramolecular Hbond substituents is 1. The van der Waals surface area contributed by atoms with Crippen LogP contribution in [0.5, 0.6) is 11.5 Å². The zero-order valence-electron chi connectivity index (χ0n) is 15.1. The summed E-state index contributed by atoms with van der Waals surface area (Å²) in [7, 11) is 0. The normalized spacial score (nSPS) is 11.9. The highest BCUT2D eigenvalue weighted by Gasteiger charge is 2.22. The molecule has 1 N–H and O–H groups in total. The topological polar surface area (TPSA) is 29.5 Å². The lowest BCUT2D eigenvalue weighted by Crippen LogP contribution is -2.19. The van der Waals surface area contributed by atoms with Crippen molar-refractivity contribution >= 4 is 0 Å². The number of aromatic hydroxyl groups is 1. The van der Waals surface area contributed by atoms with E-state index in [1.165, 1.54) is 19.3 Å². The van der Waals surface area contributed by atoms with Crippen molar-refractivity contribution in [3.05, 3.63) is 23.8 Å². The van der Waals surface area contributed by atoms with Crippen LogP contribution in [-0.2, 0) is 6.42 Å². The molecule has 0 aliphatic carbocycles. The van der Waals surface area contributed by atoms with E-state index in [0.29, 0.717) is 11.7 Å². The average Bonchev–Trinajstić information content (AvgIpc) is 2.47. The highest BCUT2D eigenvalue weighted by Crippen LogP contribution is 2.33. The summed E-state index contributed by atoms with van der Waals surface area (Å²) in [5.74, 6) is 1.90. The van der Waals surface area contributed by atoms with E-state index in [1.807, 2.05) is 12.1 Å². The molecular formula is C20H34O2. The van der Waals surface area contributed by atoms with E-state index in [-0.39, 0.29) is 5.41 Å². The van der Waals surface area contributed by atoms with Crippen molar-refractivity contribution in [2.24, 2.45) is 11.3 Å². The molecule has 0 atom stereocenters. The molecule has 0 saturated carbocycles. The van der Waals surface area contributed by atoms with Crippen LogP contribution in [0.3, 0.4) is 0 Å².